The number of nitrogens with zero attached hydrogens (tertiary/aromatic N) is 1. The van der Waals surface area contributed by atoms with Crippen LogP contribution in [0, 0.1) is 0 Å². The van der Waals surface area contributed by atoms with Gasteiger partial charge in [0.05, 0.1) is 12.1 Å². The van der Waals surface area contributed by atoms with Crippen LogP contribution >= 0.6 is 0 Å². The normalized spacial score (nSPS) is 29.1. The van der Waals surface area contributed by atoms with Crippen molar-refractivity contribution in [3.63, 3.8) is 0 Å². The summed E-state index contributed by atoms with van der Waals surface area (Å²) in [5, 5.41) is 12.6. The number of amides is 1. The summed E-state index contributed by atoms with van der Waals surface area (Å²) >= 11 is 0. The van der Waals surface area contributed by atoms with Crippen molar-refractivity contribution in [3.8, 4) is 0 Å². The third-order valence-corrected chi connectivity index (χ3v) is 3.38. The molecule has 0 bridgehead atoms. The van der Waals surface area contributed by atoms with Gasteiger partial charge in [-0.25, -0.2) is 0 Å². The summed E-state index contributed by atoms with van der Waals surface area (Å²) in [6.07, 6.45) is 4.57. The predicted octanol–water partition coefficient (Wildman–Crippen LogP) is 0.112. The molecule has 15 heavy (non-hydrogen) atoms. The maximum atomic E-state index is 12.0. The molecule has 86 valence electrons. The van der Waals surface area contributed by atoms with Crippen LogP contribution in [-0.4, -0.2) is 47.7 Å². The number of rotatable bonds is 1. The quantitative estimate of drug-likeness (QED) is 0.649. The van der Waals surface area contributed by atoms with Crippen LogP contribution in [0.25, 0.3) is 0 Å². The van der Waals surface area contributed by atoms with Crippen molar-refractivity contribution >= 4 is 5.91 Å². The Morgan fingerprint density at radius 2 is 1.93 bits per heavy atom. The average Bonchev–Trinajstić information content (AvgIpc) is 2.30. The number of hydrogen-bond acceptors (Lipinski definition) is 3. The third-order valence-electron chi connectivity index (χ3n) is 3.38. The largest absolute Gasteiger partial charge is 0.393 e. The van der Waals surface area contributed by atoms with Gasteiger partial charge in [-0.2, -0.15) is 0 Å². The summed E-state index contributed by atoms with van der Waals surface area (Å²) in [4.78, 5) is 13.9. The first kappa shape index (κ1) is 10.9. The first-order valence-electron chi connectivity index (χ1n) is 5.97. The Bertz CT molecular complexity index is 219. The Morgan fingerprint density at radius 3 is 2.53 bits per heavy atom. The maximum absolute atomic E-state index is 12.0. The van der Waals surface area contributed by atoms with Gasteiger partial charge in [-0.1, -0.05) is 6.42 Å². The average molecular weight is 212 g/mol. The minimum atomic E-state index is -0.201. The fraction of sp³-hybridized carbons (Fsp3) is 0.909. The van der Waals surface area contributed by atoms with Gasteiger partial charge in [-0.15, -0.1) is 0 Å². The van der Waals surface area contributed by atoms with Crippen molar-refractivity contribution in [2.24, 2.45) is 0 Å². The van der Waals surface area contributed by atoms with E-state index in [0.29, 0.717) is 0 Å². The number of aliphatic hydroxyl groups excluding tert-OH is 1. The Labute approximate surface area is 90.6 Å². The second-order valence-electron chi connectivity index (χ2n) is 4.56. The smallest absolute Gasteiger partial charge is 0.239 e. The van der Waals surface area contributed by atoms with Crippen molar-refractivity contribution in [1.29, 1.82) is 0 Å². The molecule has 0 aromatic rings. The number of carbonyl (C=O) groups excluding carboxylic acids is 1. The molecule has 4 heteroatoms. The van der Waals surface area contributed by atoms with E-state index in [-0.39, 0.29) is 18.1 Å². The minimum absolute atomic E-state index is 0.0361. The molecule has 2 aliphatic heterocycles. The van der Waals surface area contributed by atoms with E-state index < -0.39 is 0 Å². The topological polar surface area (TPSA) is 52.6 Å². The number of piperidine rings is 2. The zero-order valence-corrected chi connectivity index (χ0v) is 9.11. The standard InChI is InChI=1S/C11H20N2O2/c14-9-4-7-13(8-5-9)11(15)10-3-1-2-6-12-10/h9-10,12,14H,1-8H2/t10-/m0/s1. The SMILES string of the molecule is O=C([C@@H]1CCCCN1)N1CCC(O)CC1. The van der Waals surface area contributed by atoms with E-state index in [1.165, 1.54) is 6.42 Å². The Morgan fingerprint density at radius 1 is 1.20 bits per heavy atom. The number of likely N-dealkylation sites (tertiary alicyclic amines) is 1. The molecule has 1 atom stereocenters. The van der Waals surface area contributed by atoms with Gasteiger partial charge in [0.15, 0.2) is 0 Å². The summed E-state index contributed by atoms with van der Waals surface area (Å²) < 4.78 is 0. The van der Waals surface area contributed by atoms with Crippen LogP contribution in [0.4, 0.5) is 0 Å². The van der Waals surface area contributed by atoms with E-state index in [2.05, 4.69) is 5.32 Å². The van der Waals surface area contributed by atoms with Gasteiger partial charge < -0.3 is 15.3 Å². The molecule has 0 spiro atoms. The molecule has 1 amide bonds. The first-order chi connectivity index (χ1) is 7.27. The summed E-state index contributed by atoms with van der Waals surface area (Å²) in [5.41, 5.74) is 0. The maximum Gasteiger partial charge on any atom is 0.239 e. The second-order valence-corrected chi connectivity index (χ2v) is 4.56. The Balaban J connectivity index is 1.84. The highest BCUT2D eigenvalue weighted by atomic mass is 16.3. The molecule has 0 saturated carbocycles. The molecule has 0 aromatic carbocycles. The zero-order chi connectivity index (χ0) is 10.7. The highest BCUT2D eigenvalue weighted by molar-refractivity contribution is 5.82. The van der Waals surface area contributed by atoms with Crippen molar-refractivity contribution in [2.75, 3.05) is 19.6 Å². The van der Waals surface area contributed by atoms with E-state index >= 15 is 0 Å². The molecule has 2 aliphatic rings. The lowest BCUT2D eigenvalue weighted by molar-refractivity contribution is -0.136. The van der Waals surface area contributed by atoms with Crippen LogP contribution in [0.2, 0.25) is 0 Å². The summed E-state index contributed by atoms with van der Waals surface area (Å²) in [6, 6.07) is 0.0361. The van der Waals surface area contributed by atoms with Crippen LogP contribution in [0.3, 0.4) is 0 Å². The first-order valence-corrected chi connectivity index (χ1v) is 5.97. The molecule has 0 unspecified atom stereocenters. The number of carbonyl (C=O) groups is 1. The van der Waals surface area contributed by atoms with Crippen LogP contribution in [0.1, 0.15) is 32.1 Å². The fourth-order valence-corrected chi connectivity index (χ4v) is 2.37. The van der Waals surface area contributed by atoms with Gasteiger partial charge in [0, 0.05) is 13.1 Å². The monoisotopic (exact) mass is 212 g/mol. The molecule has 2 fully saturated rings. The van der Waals surface area contributed by atoms with Crippen LogP contribution in [0.15, 0.2) is 0 Å². The zero-order valence-electron chi connectivity index (χ0n) is 9.11. The van der Waals surface area contributed by atoms with Gasteiger partial charge in [0.25, 0.3) is 0 Å². The highest BCUT2D eigenvalue weighted by Gasteiger charge is 2.28. The van der Waals surface area contributed by atoms with Crippen LogP contribution < -0.4 is 5.32 Å². The van der Waals surface area contributed by atoms with Crippen LogP contribution in [-0.2, 0) is 4.79 Å². The van der Waals surface area contributed by atoms with Gasteiger partial charge >= 0.3 is 0 Å². The molecular weight excluding hydrogens is 192 g/mol. The molecule has 0 radical (unpaired) electrons. The molecule has 2 heterocycles. The van der Waals surface area contributed by atoms with Crippen molar-refractivity contribution < 1.29 is 9.90 Å². The van der Waals surface area contributed by atoms with E-state index in [0.717, 1.165) is 45.3 Å². The van der Waals surface area contributed by atoms with Crippen molar-refractivity contribution in [3.05, 3.63) is 0 Å². The lowest BCUT2D eigenvalue weighted by Gasteiger charge is -2.34. The second kappa shape index (κ2) is 4.94. The fourth-order valence-electron chi connectivity index (χ4n) is 2.37. The van der Waals surface area contributed by atoms with Crippen molar-refractivity contribution in [2.45, 2.75) is 44.2 Å². The predicted molar refractivity (Wildman–Crippen MR) is 57.5 cm³/mol. The molecule has 0 aromatic heterocycles. The van der Waals surface area contributed by atoms with Crippen LogP contribution in [0.5, 0.6) is 0 Å². The summed E-state index contributed by atoms with van der Waals surface area (Å²) in [7, 11) is 0. The van der Waals surface area contributed by atoms with Gasteiger partial charge in [-0.3, -0.25) is 4.79 Å². The lowest BCUT2D eigenvalue weighted by atomic mass is 10.0. The minimum Gasteiger partial charge on any atom is -0.393 e. The van der Waals surface area contributed by atoms with Gasteiger partial charge in [0.2, 0.25) is 5.91 Å². The number of hydrogen-bond donors (Lipinski definition) is 2. The highest BCUT2D eigenvalue weighted by Crippen LogP contribution is 2.14. The van der Waals surface area contributed by atoms with Crippen molar-refractivity contribution in [1.82, 2.24) is 10.2 Å². The molecule has 0 aliphatic carbocycles. The molecule has 4 nitrogen and oxygen atoms in total. The Hall–Kier alpha value is -0.610. The third kappa shape index (κ3) is 2.69. The van der Waals surface area contributed by atoms with E-state index in [4.69, 9.17) is 0 Å². The van der Waals surface area contributed by atoms with Gasteiger partial charge in [0.1, 0.15) is 0 Å². The van der Waals surface area contributed by atoms with Gasteiger partial charge in [-0.05, 0) is 32.2 Å². The van der Waals surface area contributed by atoms with E-state index in [1.807, 2.05) is 4.90 Å². The summed E-state index contributed by atoms with van der Waals surface area (Å²) in [5.74, 6) is 0.238. The lowest BCUT2D eigenvalue weighted by Crippen LogP contribution is -2.51. The molecule has 2 saturated heterocycles. The molecule has 2 rings (SSSR count). The molecule has 2 N–H and O–H groups in total. The van der Waals surface area contributed by atoms with E-state index in [1.54, 1.807) is 0 Å². The molecular formula is C11H20N2O2. The summed E-state index contributed by atoms with van der Waals surface area (Å²) in [6.45, 7) is 2.41. The Kier molecular flexibility index (Phi) is 3.59. The van der Waals surface area contributed by atoms with E-state index in [9.17, 15) is 9.90 Å². The number of aliphatic hydroxyl groups is 1. The number of nitrogens with one attached hydrogen (secondary N) is 1.